The fraction of sp³-hybridized carbons (Fsp3) is 0.750. The van der Waals surface area contributed by atoms with Gasteiger partial charge in [-0.3, -0.25) is 4.79 Å². The number of ether oxygens (including phenoxy) is 1. The van der Waals surface area contributed by atoms with Crippen molar-refractivity contribution in [2.45, 2.75) is 32.8 Å². The predicted octanol–water partition coefficient (Wildman–Crippen LogP) is 0.395. The lowest BCUT2D eigenvalue weighted by Gasteiger charge is -2.10. The lowest BCUT2D eigenvalue weighted by molar-refractivity contribution is -0.131. The highest BCUT2D eigenvalue weighted by molar-refractivity contribution is 6.36. The molecule has 0 fully saturated rings. The van der Waals surface area contributed by atoms with Crippen molar-refractivity contribution < 1.29 is 24.3 Å². The zero-order valence-corrected chi connectivity index (χ0v) is 11.2. The van der Waals surface area contributed by atoms with E-state index in [0.717, 1.165) is 6.42 Å². The Balaban J connectivity index is 2.08. The maximum Gasteiger partial charge on any atom is 0.353 e. The monoisotopic (exact) mass is 272 g/mol. The topological polar surface area (TPSA) is 97.2 Å². The smallest absolute Gasteiger partial charge is 0.353 e. The van der Waals surface area contributed by atoms with Gasteiger partial charge in [-0.05, 0) is 12.3 Å². The molecule has 0 aliphatic carbocycles. The number of aliphatic carboxylic acids is 1. The molecule has 1 aliphatic heterocycles. The Morgan fingerprint density at radius 3 is 2.84 bits per heavy atom. The molecule has 1 rings (SSSR count). The third-order valence-corrected chi connectivity index (χ3v) is 2.59. The summed E-state index contributed by atoms with van der Waals surface area (Å²) in [5.41, 5.74) is -0.131. The first-order valence-electron chi connectivity index (χ1n) is 6.32. The predicted molar refractivity (Wildman–Crippen MR) is 67.8 cm³/mol. The van der Waals surface area contributed by atoms with Crippen LogP contribution in [0.25, 0.3) is 0 Å². The summed E-state index contributed by atoms with van der Waals surface area (Å²) in [5.74, 6) is -0.937. The van der Waals surface area contributed by atoms with Gasteiger partial charge in [-0.25, -0.2) is 4.79 Å². The average Bonchev–Trinajstić information content (AvgIpc) is 2.82. The van der Waals surface area contributed by atoms with Gasteiger partial charge in [0.25, 0.3) is 5.91 Å². The lowest BCUT2D eigenvalue weighted by atomic mass is 10.1. The van der Waals surface area contributed by atoms with E-state index in [1.165, 1.54) is 0 Å². The van der Waals surface area contributed by atoms with Gasteiger partial charge in [0.15, 0.2) is 5.71 Å². The third-order valence-electron chi connectivity index (χ3n) is 2.59. The van der Waals surface area contributed by atoms with E-state index < -0.39 is 12.1 Å². The first kappa shape index (κ1) is 15.4. The second-order valence-electron chi connectivity index (χ2n) is 4.73. The SMILES string of the molecule is CC(C)CCOCCNC(=O)C1CC(C(=O)O)=NO1. The fourth-order valence-corrected chi connectivity index (χ4v) is 1.43. The third kappa shape index (κ3) is 5.69. The van der Waals surface area contributed by atoms with E-state index in [9.17, 15) is 9.59 Å². The van der Waals surface area contributed by atoms with Crippen LogP contribution >= 0.6 is 0 Å². The number of amides is 1. The van der Waals surface area contributed by atoms with Crippen molar-refractivity contribution >= 4 is 17.6 Å². The first-order valence-corrected chi connectivity index (χ1v) is 6.32. The Labute approximate surface area is 111 Å². The zero-order chi connectivity index (χ0) is 14.3. The minimum Gasteiger partial charge on any atom is -0.477 e. The number of carboxylic acid groups (broad SMARTS) is 1. The van der Waals surface area contributed by atoms with E-state index in [2.05, 4.69) is 24.3 Å². The number of nitrogens with one attached hydrogen (secondary N) is 1. The van der Waals surface area contributed by atoms with Gasteiger partial charge in [0.1, 0.15) is 0 Å². The Hall–Kier alpha value is -1.63. The van der Waals surface area contributed by atoms with Gasteiger partial charge >= 0.3 is 5.97 Å². The molecule has 0 saturated heterocycles. The van der Waals surface area contributed by atoms with Crippen LogP contribution in [0, 0.1) is 5.92 Å². The zero-order valence-electron chi connectivity index (χ0n) is 11.2. The molecule has 7 heteroatoms. The summed E-state index contributed by atoms with van der Waals surface area (Å²) in [4.78, 5) is 26.9. The molecule has 0 radical (unpaired) electrons. The van der Waals surface area contributed by atoms with Crippen LogP contribution < -0.4 is 5.32 Å². The highest BCUT2D eigenvalue weighted by Crippen LogP contribution is 2.10. The van der Waals surface area contributed by atoms with Crippen LogP contribution in [0.3, 0.4) is 0 Å². The Morgan fingerprint density at radius 2 is 2.26 bits per heavy atom. The molecular formula is C12H20N2O5. The van der Waals surface area contributed by atoms with Gasteiger partial charge in [0.2, 0.25) is 6.10 Å². The number of nitrogens with zero attached hydrogens (tertiary/aromatic N) is 1. The summed E-state index contributed by atoms with van der Waals surface area (Å²) < 4.78 is 5.34. The summed E-state index contributed by atoms with van der Waals surface area (Å²) in [6, 6.07) is 0. The molecule has 108 valence electrons. The van der Waals surface area contributed by atoms with Crippen LogP contribution in [-0.2, 0) is 19.2 Å². The molecule has 1 unspecified atom stereocenters. The normalized spacial score (nSPS) is 18.1. The van der Waals surface area contributed by atoms with Gasteiger partial charge in [-0.2, -0.15) is 0 Å². The van der Waals surface area contributed by atoms with Crippen LogP contribution in [-0.4, -0.2) is 48.6 Å². The molecule has 1 aliphatic rings. The summed E-state index contributed by atoms with van der Waals surface area (Å²) in [5, 5.41) is 14.6. The molecule has 0 saturated carbocycles. The van der Waals surface area contributed by atoms with Crippen molar-refractivity contribution in [2.75, 3.05) is 19.8 Å². The molecule has 1 amide bonds. The summed E-state index contributed by atoms with van der Waals surface area (Å²) in [6.45, 7) is 5.70. The van der Waals surface area contributed by atoms with Crippen LogP contribution in [0.15, 0.2) is 5.16 Å². The Kier molecular flexibility index (Phi) is 6.27. The van der Waals surface area contributed by atoms with E-state index in [4.69, 9.17) is 14.7 Å². The molecule has 1 atom stereocenters. The Morgan fingerprint density at radius 1 is 1.53 bits per heavy atom. The minimum absolute atomic E-state index is 0.00459. The van der Waals surface area contributed by atoms with Crippen LogP contribution in [0.4, 0.5) is 0 Å². The number of oxime groups is 1. The lowest BCUT2D eigenvalue weighted by Crippen LogP contribution is -2.37. The Bertz CT molecular complexity index is 354. The average molecular weight is 272 g/mol. The first-order chi connectivity index (χ1) is 9.00. The summed E-state index contributed by atoms with van der Waals surface area (Å²) in [6.07, 6.45) is 0.131. The molecule has 19 heavy (non-hydrogen) atoms. The van der Waals surface area contributed by atoms with Crippen LogP contribution in [0.2, 0.25) is 0 Å². The largest absolute Gasteiger partial charge is 0.477 e. The number of rotatable bonds is 8. The molecule has 0 spiro atoms. The van der Waals surface area contributed by atoms with Crippen molar-refractivity contribution in [1.82, 2.24) is 5.32 Å². The van der Waals surface area contributed by atoms with Crippen molar-refractivity contribution in [3.63, 3.8) is 0 Å². The maximum absolute atomic E-state index is 11.6. The van der Waals surface area contributed by atoms with E-state index in [1.54, 1.807) is 0 Å². The maximum atomic E-state index is 11.6. The molecule has 0 bridgehead atoms. The summed E-state index contributed by atoms with van der Waals surface area (Å²) in [7, 11) is 0. The van der Waals surface area contributed by atoms with Gasteiger partial charge < -0.3 is 20.0 Å². The second kappa shape index (κ2) is 7.73. The van der Waals surface area contributed by atoms with Gasteiger partial charge in [0.05, 0.1) is 6.61 Å². The molecule has 2 N–H and O–H groups in total. The molecule has 0 aromatic carbocycles. The molecule has 7 nitrogen and oxygen atoms in total. The molecule has 0 aromatic heterocycles. The van der Waals surface area contributed by atoms with E-state index >= 15 is 0 Å². The number of carbonyl (C=O) groups excluding carboxylic acids is 1. The van der Waals surface area contributed by atoms with Crippen molar-refractivity contribution in [3.8, 4) is 0 Å². The van der Waals surface area contributed by atoms with E-state index in [-0.39, 0.29) is 18.0 Å². The van der Waals surface area contributed by atoms with Crippen molar-refractivity contribution in [2.24, 2.45) is 11.1 Å². The number of carboxylic acids is 1. The fourth-order valence-electron chi connectivity index (χ4n) is 1.43. The second-order valence-corrected chi connectivity index (χ2v) is 4.73. The van der Waals surface area contributed by atoms with E-state index in [1.807, 2.05) is 0 Å². The number of hydrogen-bond acceptors (Lipinski definition) is 5. The molecule has 1 heterocycles. The number of carbonyl (C=O) groups is 2. The van der Waals surface area contributed by atoms with Crippen LogP contribution in [0.1, 0.15) is 26.7 Å². The van der Waals surface area contributed by atoms with Crippen molar-refractivity contribution in [1.29, 1.82) is 0 Å². The van der Waals surface area contributed by atoms with Gasteiger partial charge in [0, 0.05) is 19.6 Å². The quantitative estimate of drug-likeness (QED) is 0.623. The molecular weight excluding hydrogens is 252 g/mol. The standard InChI is InChI=1S/C12H20N2O5/c1-8(2)3-5-18-6-4-13-11(15)10-7-9(12(16)17)14-19-10/h8,10H,3-7H2,1-2H3,(H,13,15)(H,16,17). The van der Waals surface area contributed by atoms with Crippen molar-refractivity contribution in [3.05, 3.63) is 0 Å². The van der Waals surface area contributed by atoms with Gasteiger partial charge in [-0.15, -0.1) is 0 Å². The van der Waals surface area contributed by atoms with Gasteiger partial charge in [-0.1, -0.05) is 19.0 Å². The highest BCUT2D eigenvalue weighted by atomic mass is 16.6. The minimum atomic E-state index is -1.16. The highest BCUT2D eigenvalue weighted by Gasteiger charge is 2.31. The number of hydrogen-bond donors (Lipinski definition) is 2. The van der Waals surface area contributed by atoms with Crippen LogP contribution in [0.5, 0.6) is 0 Å². The summed E-state index contributed by atoms with van der Waals surface area (Å²) >= 11 is 0. The molecule has 0 aromatic rings. The van der Waals surface area contributed by atoms with E-state index in [0.29, 0.717) is 25.7 Å².